The van der Waals surface area contributed by atoms with Gasteiger partial charge < -0.3 is 14.7 Å². The Morgan fingerprint density at radius 3 is 2.71 bits per heavy atom. The van der Waals surface area contributed by atoms with Crippen molar-refractivity contribution in [3.8, 4) is 11.4 Å². The minimum Gasteiger partial charge on any atom is -0.339 e. The van der Waals surface area contributed by atoms with Gasteiger partial charge in [-0.2, -0.15) is 4.98 Å². The first-order valence-electron chi connectivity index (χ1n) is 10.7. The smallest absolute Gasteiger partial charge is 0.230 e. The predicted molar refractivity (Wildman–Crippen MR) is 117 cm³/mol. The Balaban J connectivity index is 1.26. The monoisotopic (exact) mass is 416 g/mol. The van der Waals surface area contributed by atoms with Crippen LogP contribution in [0.2, 0.25) is 0 Å². The molecule has 1 aliphatic carbocycles. The van der Waals surface area contributed by atoms with E-state index in [1.807, 2.05) is 55.5 Å². The second kappa shape index (κ2) is 7.98. The molecule has 0 bridgehead atoms. The van der Waals surface area contributed by atoms with Crippen molar-refractivity contribution in [2.45, 2.75) is 38.5 Å². The van der Waals surface area contributed by atoms with Crippen molar-refractivity contribution in [3.63, 3.8) is 0 Å². The van der Waals surface area contributed by atoms with Gasteiger partial charge in [0.05, 0.1) is 5.92 Å². The maximum absolute atomic E-state index is 12.8. The average Bonchev–Trinajstić information content (AvgIpc) is 3.35. The summed E-state index contributed by atoms with van der Waals surface area (Å²) >= 11 is 0. The van der Waals surface area contributed by atoms with Crippen LogP contribution in [-0.2, 0) is 9.59 Å². The Bertz CT molecular complexity index is 1120. The molecule has 158 valence electrons. The maximum atomic E-state index is 12.8. The molecule has 1 atom stereocenters. The summed E-state index contributed by atoms with van der Waals surface area (Å²) in [6, 6.07) is 15.2. The zero-order valence-electron chi connectivity index (χ0n) is 17.4. The van der Waals surface area contributed by atoms with Gasteiger partial charge in [-0.1, -0.05) is 41.4 Å². The number of carbonyl (C=O) groups excluding carboxylic acids is 2. The van der Waals surface area contributed by atoms with Crippen LogP contribution in [0.4, 0.5) is 11.4 Å². The fourth-order valence-electron chi connectivity index (χ4n) is 4.01. The van der Waals surface area contributed by atoms with Gasteiger partial charge >= 0.3 is 0 Å². The summed E-state index contributed by atoms with van der Waals surface area (Å²) in [6.07, 6.45) is 3.60. The Labute approximate surface area is 180 Å². The van der Waals surface area contributed by atoms with Crippen molar-refractivity contribution in [2.75, 3.05) is 16.8 Å². The molecule has 5 rings (SSSR count). The molecule has 0 spiro atoms. The SMILES string of the molecule is Cc1ccc(N2C[C@H](C(=O)Nc3cccc(-c4noc(C5CCC5)n4)c3)CC2=O)cc1. The zero-order valence-corrected chi connectivity index (χ0v) is 17.4. The molecule has 3 aromatic rings. The van der Waals surface area contributed by atoms with Gasteiger partial charge in [-0.3, -0.25) is 9.59 Å². The van der Waals surface area contributed by atoms with Crippen LogP contribution in [0.25, 0.3) is 11.4 Å². The third-order valence-electron chi connectivity index (χ3n) is 6.13. The lowest BCUT2D eigenvalue weighted by molar-refractivity contribution is -0.122. The van der Waals surface area contributed by atoms with Gasteiger partial charge in [0.25, 0.3) is 0 Å². The molecule has 2 fully saturated rings. The molecule has 1 saturated carbocycles. The summed E-state index contributed by atoms with van der Waals surface area (Å²) in [7, 11) is 0. The Morgan fingerprint density at radius 2 is 1.97 bits per heavy atom. The van der Waals surface area contributed by atoms with E-state index >= 15 is 0 Å². The van der Waals surface area contributed by atoms with E-state index in [1.54, 1.807) is 4.90 Å². The topological polar surface area (TPSA) is 88.3 Å². The van der Waals surface area contributed by atoms with E-state index < -0.39 is 5.92 Å². The summed E-state index contributed by atoms with van der Waals surface area (Å²) in [5.41, 5.74) is 3.40. The van der Waals surface area contributed by atoms with Gasteiger partial charge in [0.1, 0.15) is 0 Å². The van der Waals surface area contributed by atoms with Crippen LogP contribution < -0.4 is 10.2 Å². The summed E-state index contributed by atoms with van der Waals surface area (Å²) < 4.78 is 5.41. The number of hydrogen-bond acceptors (Lipinski definition) is 5. The molecule has 7 heteroatoms. The summed E-state index contributed by atoms with van der Waals surface area (Å²) in [5.74, 6) is 1.00. The number of hydrogen-bond donors (Lipinski definition) is 1. The molecule has 1 aliphatic heterocycles. The Hall–Kier alpha value is -3.48. The van der Waals surface area contributed by atoms with Crippen LogP contribution in [0.5, 0.6) is 0 Å². The quantitative estimate of drug-likeness (QED) is 0.670. The first kappa shape index (κ1) is 19.5. The molecule has 7 nitrogen and oxygen atoms in total. The highest BCUT2D eigenvalue weighted by atomic mass is 16.5. The van der Waals surface area contributed by atoms with Crippen molar-refractivity contribution < 1.29 is 14.1 Å². The van der Waals surface area contributed by atoms with Crippen LogP contribution in [-0.4, -0.2) is 28.5 Å². The van der Waals surface area contributed by atoms with Crippen LogP contribution in [0.15, 0.2) is 53.1 Å². The lowest BCUT2D eigenvalue weighted by Gasteiger charge is -2.20. The molecule has 0 unspecified atom stereocenters. The van der Waals surface area contributed by atoms with E-state index in [9.17, 15) is 9.59 Å². The highest BCUT2D eigenvalue weighted by molar-refractivity contribution is 6.03. The molecule has 2 aromatic carbocycles. The molecule has 1 N–H and O–H groups in total. The van der Waals surface area contributed by atoms with E-state index in [2.05, 4.69) is 15.5 Å². The van der Waals surface area contributed by atoms with Crippen molar-refractivity contribution in [1.29, 1.82) is 0 Å². The summed E-state index contributed by atoms with van der Waals surface area (Å²) in [6.45, 7) is 2.38. The van der Waals surface area contributed by atoms with Gasteiger partial charge in [-0.25, -0.2) is 0 Å². The molecule has 2 aliphatic rings. The minimum absolute atomic E-state index is 0.0342. The van der Waals surface area contributed by atoms with E-state index in [4.69, 9.17) is 4.52 Å². The van der Waals surface area contributed by atoms with Crippen molar-refractivity contribution in [2.24, 2.45) is 5.92 Å². The Kier molecular flexibility index (Phi) is 5.02. The van der Waals surface area contributed by atoms with Crippen LogP contribution >= 0.6 is 0 Å². The Morgan fingerprint density at radius 1 is 1.16 bits per heavy atom. The van der Waals surface area contributed by atoms with Crippen LogP contribution in [0, 0.1) is 12.8 Å². The minimum atomic E-state index is -0.396. The van der Waals surface area contributed by atoms with E-state index in [-0.39, 0.29) is 18.2 Å². The lowest BCUT2D eigenvalue weighted by atomic mass is 9.85. The van der Waals surface area contributed by atoms with Gasteiger partial charge in [-0.15, -0.1) is 0 Å². The standard InChI is InChI=1S/C24H24N4O3/c1-15-8-10-20(11-9-15)28-14-18(13-21(28)29)23(30)25-19-7-3-6-17(12-19)22-26-24(31-27-22)16-4-2-5-16/h3,6-12,16,18H,2,4-5,13-14H2,1H3,(H,25,30)/t18-/m1/s1. The molecule has 2 heterocycles. The fourth-order valence-corrected chi connectivity index (χ4v) is 4.01. The fraction of sp³-hybridized carbons (Fsp3) is 0.333. The highest BCUT2D eigenvalue weighted by Crippen LogP contribution is 2.36. The number of nitrogens with zero attached hydrogens (tertiary/aromatic N) is 3. The van der Waals surface area contributed by atoms with Gasteiger partial charge in [0.15, 0.2) is 0 Å². The number of aryl methyl sites for hydroxylation is 1. The predicted octanol–water partition coefficient (Wildman–Crippen LogP) is 4.30. The van der Waals surface area contributed by atoms with Gasteiger partial charge in [0, 0.05) is 35.8 Å². The number of benzene rings is 2. The second-order valence-electron chi connectivity index (χ2n) is 8.40. The maximum Gasteiger partial charge on any atom is 0.230 e. The molecule has 0 radical (unpaired) electrons. The van der Waals surface area contributed by atoms with E-state index in [0.29, 0.717) is 29.9 Å². The largest absolute Gasteiger partial charge is 0.339 e. The molecular formula is C24H24N4O3. The number of rotatable bonds is 5. The number of amides is 2. The molecule has 2 amide bonds. The normalized spacial score (nSPS) is 18.8. The summed E-state index contributed by atoms with van der Waals surface area (Å²) in [5, 5.41) is 7.04. The number of nitrogens with one attached hydrogen (secondary N) is 1. The molecule has 1 saturated heterocycles. The lowest BCUT2D eigenvalue weighted by Crippen LogP contribution is -2.28. The van der Waals surface area contributed by atoms with E-state index in [0.717, 1.165) is 29.7 Å². The first-order valence-corrected chi connectivity index (χ1v) is 10.7. The molecule has 1 aromatic heterocycles. The molecular weight excluding hydrogens is 392 g/mol. The number of anilines is 2. The average molecular weight is 416 g/mol. The van der Waals surface area contributed by atoms with Crippen molar-refractivity contribution in [3.05, 3.63) is 60.0 Å². The second-order valence-corrected chi connectivity index (χ2v) is 8.40. The van der Waals surface area contributed by atoms with Gasteiger partial charge in [-0.05, 0) is 44.0 Å². The van der Waals surface area contributed by atoms with Crippen molar-refractivity contribution >= 4 is 23.2 Å². The highest BCUT2D eigenvalue weighted by Gasteiger charge is 2.35. The van der Waals surface area contributed by atoms with Crippen LogP contribution in [0.1, 0.15) is 43.1 Å². The third kappa shape index (κ3) is 3.95. The summed E-state index contributed by atoms with van der Waals surface area (Å²) in [4.78, 5) is 31.5. The number of aromatic nitrogens is 2. The van der Waals surface area contributed by atoms with Gasteiger partial charge in [0.2, 0.25) is 23.5 Å². The first-order chi connectivity index (χ1) is 15.1. The van der Waals surface area contributed by atoms with Crippen molar-refractivity contribution in [1.82, 2.24) is 10.1 Å². The third-order valence-corrected chi connectivity index (χ3v) is 6.13. The number of carbonyl (C=O) groups is 2. The molecule has 31 heavy (non-hydrogen) atoms. The van der Waals surface area contributed by atoms with E-state index in [1.165, 1.54) is 6.42 Å². The zero-order chi connectivity index (χ0) is 21.4. The van der Waals surface area contributed by atoms with Crippen LogP contribution in [0.3, 0.4) is 0 Å².